The van der Waals surface area contributed by atoms with Crippen LogP contribution < -0.4 is 5.73 Å². The second kappa shape index (κ2) is 7.63. The average Bonchev–Trinajstić information content (AvgIpc) is 2.25. The number of methoxy groups -OCH3 is 1. The van der Waals surface area contributed by atoms with Crippen molar-refractivity contribution in [3.8, 4) is 0 Å². The zero-order valence-electron chi connectivity index (χ0n) is 11.1. The molecule has 0 heterocycles. The van der Waals surface area contributed by atoms with E-state index in [9.17, 15) is 4.79 Å². The minimum atomic E-state index is -0.147. The van der Waals surface area contributed by atoms with Gasteiger partial charge in [-0.1, -0.05) is 20.8 Å². The van der Waals surface area contributed by atoms with Gasteiger partial charge in [-0.3, -0.25) is 4.79 Å². The fourth-order valence-electron chi connectivity index (χ4n) is 1.61. The average molecular weight is 230 g/mol. The summed E-state index contributed by atoms with van der Waals surface area (Å²) in [5.41, 5.74) is 5.82. The van der Waals surface area contributed by atoms with Gasteiger partial charge in [-0.15, -0.1) is 0 Å². The van der Waals surface area contributed by atoms with E-state index in [0.29, 0.717) is 13.0 Å². The van der Waals surface area contributed by atoms with Crippen molar-refractivity contribution in [2.75, 3.05) is 33.3 Å². The van der Waals surface area contributed by atoms with Crippen LogP contribution in [-0.2, 0) is 9.53 Å². The molecule has 0 aliphatic rings. The molecule has 0 aromatic carbocycles. The van der Waals surface area contributed by atoms with Gasteiger partial charge < -0.3 is 15.4 Å². The highest BCUT2D eigenvalue weighted by molar-refractivity contribution is 5.69. The van der Waals surface area contributed by atoms with Crippen molar-refractivity contribution >= 4 is 5.97 Å². The molecular weight excluding hydrogens is 204 g/mol. The Balaban J connectivity index is 4.11. The highest BCUT2D eigenvalue weighted by Gasteiger charge is 2.20. The molecule has 2 N–H and O–H groups in total. The summed E-state index contributed by atoms with van der Waals surface area (Å²) in [5, 5.41) is 0. The van der Waals surface area contributed by atoms with E-state index in [2.05, 4.69) is 30.4 Å². The second-order valence-corrected chi connectivity index (χ2v) is 4.97. The van der Waals surface area contributed by atoms with Crippen molar-refractivity contribution in [3.63, 3.8) is 0 Å². The van der Waals surface area contributed by atoms with Crippen molar-refractivity contribution in [1.82, 2.24) is 4.90 Å². The van der Waals surface area contributed by atoms with Gasteiger partial charge in [0.25, 0.3) is 0 Å². The molecule has 0 amide bonds. The van der Waals surface area contributed by atoms with Crippen LogP contribution in [0.2, 0.25) is 0 Å². The molecule has 0 aliphatic heterocycles. The van der Waals surface area contributed by atoms with Gasteiger partial charge in [0.15, 0.2) is 0 Å². The van der Waals surface area contributed by atoms with E-state index in [0.717, 1.165) is 26.1 Å². The summed E-state index contributed by atoms with van der Waals surface area (Å²) in [7, 11) is 1.43. The van der Waals surface area contributed by atoms with Crippen molar-refractivity contribution < 1.29 is 9.53 Å². The molecule has 0 atom stereocenters. The van der Waals surface area contributed by atoms with Gasteiger partial charge in [0, 0.05) is 13.1 Å². The lowest BCUT2D eigenvalue weighted by atomic mass is 9.93. The molecule has 0 spiro atoms. The highest BCUT2D eigenvalue weighted by atomic mass is 16.5. The van der Waals surface area contributed by atoms with Crippen LogP contribution in [0.4, 0.5) is 0 Å². The Morgan fingerprint density at radius 1 is 1.38 bits per heavy atom. The zero-order valence-corrected chi connectivity index (χ0v) is 11.1. The van der Waals surface area contributed by atoms with Gasteiger partial charge >= 0.3 is 5.97 Å². The van der Waals surface area contributed by atoms with Gasteiger partial charge in [0.1, 0.15) is 0 Å². The van der Waals surface area contributed by atoms with Gasteiger partial charge in [-0.25, -0.2) is 0 Å². The van der Waals surface area contributed by atoms with E-state index >= 15 is 0 Å². The summed E-state index contributed by atoms with van der Waals surface area (Å²) in [4.78, 5) is 13.4. The normalized spacial score (nSPS) is 11.9. The molecule has 0 aromatic rings. The van der Waals surface area contributed by atoms with Crippen LogP contribution in [-0.4, -0.2) is 44.2 Å². The number of rotatable bonds is 8. The van der Waals surface area contributed by atoms with E-state index in [1.807, 2.05) is 0 Å². The fraction of sp³-hybridized carbons (Fsp3) is 0.917. The first-order valence-corrected chi connectivity index (χ1v) is 5.94. The first kappa shape index (κ1) is 15.4. The lowest BCUT2D eigenvalue weighted by molar-refractivity contribution is -0.141. The second-order valence-electron chi connectivity index (χ2n) is 4.97. The standard InChI is InChI=1S/C12H26N2O2/c1-5-7-14(8-6-11(15)16-4)10-12(2,3)9-13/h5-10,13H2,1-4H3. The maximum Gasteiger partial charge on any atom is 0.306 e. The van der Waals surface area contributed by atoms with Crippen LogP contribution in [0.1, 0.15) is 33.6 Å². The van der Waals surface area contributed by atoms with E-state index in [4.69, 9.17) is 5.73 Å². The van der Waals surface area contributed by atoms with Crippen LogP contribution in [0.25, 0.3) is 0 Å². The molecule has 96 valence electrons. The Morgan fingerprint density at radius 2 is 2.00 bits per heavy atom. The summed E-state index contributed by atoms with van der Waals surface area (Å²) in [6.07, 6.45) is 1.54. The maximum absolute atomic E-state index is 11.1. The molecule has 4 heteroatoms. The van der Waals surface area contributed by atoms with Crippen LogP contribution >= 0.6 is 0 Å². The zero-order chi connectivity index (χ0) is 12.6. The lowest BCUT2D eigenvalue weighted by Crippen LogP contribution is -2.40. The van der Waals surface area contributed by atoms with Crippen LogP contribution in [0.5, 0.6) is 0 Å². The van der Waals surface area contributed by atoms with Crippen LogP contribution in [0, 0.1) is 5.41 Å². The first-order valence-electron chi connectivity index (χ1n) is 5.94. The fourth-order valence-corrected chi connectivity index (χ4v) is 1.61. The molecule has 4 nitrogen and oxygen atoms in total. The van der Waals surface area contributed by atoms with Gasteiger partial charge in [-0.05, 0) is 24.9 Å². The van der Waals surface area contributed by atoms with Gasteiger partial charge in [0.2, 0.25) is 0 Å². The molecule has 0 fully saturated rings. The topological polar surface area (TPSA) is 55.6 Å². The molecule has 0 aromatic heterocycles. The smallest absolute Gasteiger partial charge is 0.306 e. The summed E-state index contributed by atoms with van der Waals surface area (Å²) in [6.45, 7) is 9.77. The molecule has 16 heavy (non-hydrogen) atoms. The lowest BCUT2D eigenvalue weighted by Gasteiger charge is -2.31. The Hall–Kier alpha value is -0.610. The third kappa shape index (κ3) is 6.80. The number of hydrogen-bond donors (Lipinski definition) is 1. The number of nitrogens with two attached hydrogens (primary N) is 1. The summed E-state index contributed by atoms with van der Waals surface area (Å²) in [5.74, 6) is -0.147. The number of carbonyl (C=O) groups is 1. The van der Waals surface area contributed by atoms with Crippen molar-refractivity contribution in [2.24, 2.45) is 11.1 Å². The minimum absolute atomic E-state index is 0.102. The number of nitrogens with zero attached hydrogens (tertiary/aromatic N) is 1. The molecule has 0 bridgehead atoms. The van der Waals surface area contributed by atoms with E-state index in [-0.39, 0.29) is 11.4 Å². The molecule has 0 unspecified atom stereocenters. The molecule has 0 rings (SSSR count). The molecule has 0 radical (unpaired) electrons. The number of ether oxygens (including phenoxy) is 1. The summed E-state index contributed by atoms with van der Waals surface area (Å²) < 4.78 is 4.64. The van der Waals surface area contributed by atoms with Crippen molar-refractivity contribution in [1.29, 1.82) is 0 Å². The Kier molecular flexibility index (Phi) is 7.34. The number of esters is 1. The van der Waals surface area contributed by atoms with E-state index in [1.165, 1.54) is 7.11 Å². The van der Waals surface area contributed by atoms with Gasteiger partial charge in [-0.2, -0.15) is 0 Å². The third-order valence-electron chi connectivity index (χ3n) is 2.60. The minimum Gasteiger partial charge on any atom is -0.469 e. The SMILES string of the molecule is CCCN(CCC(=O)OC)CC(C)(C)CN. The first-order chi connectivity index (χ1) is 7.45. The monoisotopic (exact) mass is 230 g/mol. The van der Waals surface area contributed by atoms with Gasteiger partial charge in [0.05, 0.1) is 13.5 Å². The van der Waals surface area contributed by atoms with E-state index < -0.39 is 0 Å². The summed E-state index contributed by atoms with van der Waals surface area (Å²) >= 11 is 0. The van der Waals surface area contributed by atoms with Crippen LogP contribution in [0.3, 0.4) is 0 Å². The molecule has 0 saturated heterocycles. The Labute approximate surface area is 99.1 Å². The highest BCUT2D eigenvalue weighted by Crippen LogP contribution is 2.15. The summed E-state index contributed by atoms with van der Waals surface area (Å²) in [6, 6.07) is 0. The quantitative estimate of drug-likeness (QED) is 0.638. The number of carbonyl (C=O) groups excluding carboxylic acids is 1. The predicted octanol–water partition coefficient (Wildman–Crippen LogP) is 1.25. The molecule has 0 saturated carbocycles. The predicted molar refractivity (Wildman–Crippen MR) is 66.2 cm³/mol. The van der Waals surface area contributed by atoms with Crippen LogP contribution in [0.15, 0.2) is 0 Å². The largest absolute Gasteiger partial charge is 0.469 e. The number of hydrogen-bond acceptors (Lipinski definition) is 4. The Bertz CT molecular complexity index is 205. The van der Waals surface area contributed by atoms with Crippen molar-refractivity contribution in [3.05, 3.63) is 0 Å². The van der Waals surface area contributed by atoms with E-state index in [1.54, 1.807) is 0 Å². The molecule has 0 aliphatic carbocycles. The molecular formula is C12H26N2O2. The van der Waals surface area contributed by atoms with Crippen molar-refractivity contribution in [2.45, 2.75) is 33.6 Å². The Morgan fingerprint density at radius 3 is 2.44 bits per heavy atom. The third-order valence-corrected chi connectivity index (χ3v) is 2.60. The maximum atomic E-state index is 11.1.